The first-order chi connectivity index (χ1) is 17.2. The molecule has 8 heteroatoms. The zero-order valence-electron chi connectivity index (χ0n) is 20.4. The second kappa shape index (κ2) is 10.6. The van der Waals surface area contributed by atoms with Crippen LogP contribution in [-0.2, 0) is 6.54 Å². The molecule has 2 aromatic heterocycles. The van der Waals surface area contributed by atoms with E-state index in [2.05, 4.69) is 27.3 Å². The minimum atomic E-state index is -0.962. The second-order valence-electron chi connectivity index (χ2n) is 9.17. The minimum Gasteiger partial charge on any atom is -0.389 e. The zero-order valence-corrected chi connectivity index (χ0v) is 20.4. The van der Waals surface area contributed by atoms with Gasteiger partial charge in [-0.1, -0.05) is 17.0 Å². The predicted octanol–water partition coefficient (Wildman–Crippen LogP) is 3.54. The summed E-state index contributed by atoms with van der Waals surface area (Å²) in [6, 6.07) is 16.5. The standard InChI is InChI=1S/C28H28N4O4/c1-19(33)26-29-14-15-32(26)17-24-16-25(36-31-24)22-10-6-20(7-11-22)4-5-21-8-12-23(13-9-21)27(34)30-18-28(2,3)35/h6-16,19,33,35H,17-18H2,1-3H3,(H,30,34). The average Bonchev–Trinajstić information content (AvgIpc) is 3.52. The van der Waals surface area contributed by atoms with E-state index < -0.39 is 11.7 Å². The van der Waals surface area contributed by atoms with Crippen molar-refractivity contribution in [1.82, 2.24) is 20.0 Å². The Morgan fingerprint density at radius 3 is 2.36 bits per heavy atom. The molecule has 1 amide bonds. The number of nitrogens with one attached hydrogen (secondary N) is 1. The van der Waals surface area contributed by atoms with E-state index in [1.54, 1.807) is 57.4 Å². The number of aromatic nitrogens is 3. The van der Waals surface area contributed by atoms with Gasteiger partial charge in [0.25, 0.3) is 5.91 Å². The maximum absolute atomic E-state index is 12.2. The third kappa shape index (κ3) is 6.48. The molecule has 2 aromatic carbocycles. The van der Waals surface area contributed by atoms with Gasteiger partial charge < -0.3 is 24.6 Å². The summed E-state index contributed by atoms with van der Waals surface area (Å²) in [7, 11) is 0. The van der Waals surface area contributed by atoms with Gasteiger partial charge >= 0.3 is 0 Å². The number of hydrogen-bond acceptors (Lipinski definition) is 6. The summed E-state index contributed by atoms with van der Waals surface area (Å²) in [6.07, 6.45) is 2.78. The lowest BCUT2D eigenvalue weighted by molar-refractivity contribution is 0.0694. The van der Waals surface area contributed by atoms with E-state index in [-0.39, 0.29) is 12.5 Å². The first-order valence-corrected chi connectivity index (χ1v) is 11.6. The average molecular weight is 485 g/mol. The molecule has 0 aliphatic carbocycles. The van der Waals surface area contributed by atoms with Crippen molar-refractivity contribution in [3.8, 4) is 23.2 Å². The van der Waals surface area contributed by atoms with Crippen molar-refractivity contribution in [2.75, 3.05) is 6.54 Å². The summed E-state index contributed by atoms with van der Waals surface area (Å²) in [5, 5.41) is 26.4. The van der Waals surface area contributed by atoms with Crippen molar-refractivity contribution < 1.29 is 19.5 Å². The molecule has 0 aliphatic heterocycles. The molecule has 4 rings (SSSR count). The van der Waals surface area contributed by atoms with Gasteiger partial charge in [0, 0.05) is 47.3 Å². The third-order valence-electron chi connectivity index (χ3n) is 5.36. The maximum atomic E-state index is 12.2. The van der Waals surface area contributed by atoms with E-state index in [1.807, 2.05) is 34.9 Å². The van der Waals surface area contributed by atoms with Crippen LogP contribution in [0, 0.1) is 11.8 Å². The fourth-order valence-electron chi connectivity index (χ4n) is 3.48. The van der Waals surface area contributed by atoms with Gasteiger partial charge in [-0.25, -0.2) is 4.98 Å². The molecule has 2 heterocycles. The van der Waals surface area contributed by atoms with Crippen LogP contribution in [0.4, 0.5) is 0 Å². The summed E-state index contributed by atoms with van der Waals surface area (Å²) in [4.78, 5) is 16.3. The number of carbonyl (C=O) groups excluding carboxylic acids is 1. The highest BCUT2D eigenvalue weighted by atomic mass is 16.5. The lowest BCUT2D eigenvalue weighted by atomic mass is 10.1. The Morgan fingerprint density at radius 2 is 1.75 bits per heavy atom. The lowest BCUT2D eigenvalue weighted by Gasteiger charge is -2.17. The van der Waals surface area contributed by atoms with Gasteiger partial charge in [-0.15, -0.1) is 0 Å². The Kier molecular flexibility index (Phi) is 7.34. The van der Waals surface area contributed by atoms with Gasteiger partial charge in [0.2, 0.25) is 0 Å². The zero-order chi connectivity index (χ0) is 25.7. The van der Waals surface area contributed by atoms with E-state index >= 15 is 0 Å². The van der Waals surface area contributed by atoms with Gasteiger partial charge in [0.05, 0.1) is 12.1 Å². The summed E-state index contributed by atoms with van der Waals surface area (Å²) >= 11 is 0. The molecule has 3 N–H and O–H groups in total. The SMILES string of the molecule is CC(O)c1nccn1Cc1cc(-c2ccc(C#Cc3ccc(C(=O)NCC(C)(C)O)cc3)cc2)on1. The molecular formula is C28H28N4O4. The van der Waals surface area contributed by atoms with E-state index in [1.165, 1.54) is 0 Å². The van der Waals surface area contributed by atoms with Crippen LogP contribution < -0.4 is 5.32 Å². The quantitative estimate of drug-likeness (QED) is 0.346. The number of nitrogens with zero attached hydrogens (tertiary/aromatic N) is 3. The van der Waals surface area contributed by atoms with Crippen molar-refractivity contribution in [2.24, 2.45) is 0 Å². The molecule has 8 nitrogen and oxygen atoms in total. The Bertz CT molecular complexity index is 1380. The largest absolute Gasteiger partial charge is 0.389 e. The smallest absolute Gasteiger partial charge is 0.251 e. The summed E-state index contributed by atoms with van der Waals surface area (Å²) in [5.74, 6) is 7.20. The van der Waals surface area contributed by atoms with Gasteiger partial charge in [-0.3, -0.25) is 4.79 Å². The topological polar surface area (TPSA) is 113 Å². The molecule has 0 radical (unpaired) electrons. The summed E-state index contributed by atoms with van der Waals surface area (Å²) in [5.41, 5.74) is 2.78. The Morgan fingerprint density at radius 1 is 1.11 bits per heavy atom. The van der Waals surface area contributed by atoms with Crippen molar-refractivity contribution in [3.63, 3.8) is 0 Å². The number of amides is 1. The van der Waals surface area contributed by atoms with Crippen LogP contribution in [-0.4, -0.2) is 43.0 Å². The van der Waals surface area contributed by atoms with Crippen LogP contribution in [0.5, 0.6) is 0 Å². The van der Waals surface area contributed by atoms with E-state index in [0.29, 0.717) is 23.7 Å². The molecule has 0 aliphatic rings. The van der Waals surface area contributed by atoms with Crippen molar-refractivity contribution in [2.45, 2.75) is 39.0 Å². The van der Waals surface area contributed by atoms with Crippen LogP contribution >= 0.6 is 0 Å². The number of carbonyl (C=O) groups is 1. The lowest BCUT2D eigenvalue weighted by Crippen LogP contribution is -2.38. The van der Waals surface area contributed by atoms with E-state index in [4.69, 9.17) is 4.52 Å². The van der Waals surface area contributed by atoms with Crippen molar-refractivity contribution in [1.29, 1.82) is 0 Å². The number of imidazole rings is 1. The van der Waals surface area contributed by atoms with Crippen molar-refractivity contribution >= 4 is 5.91 Å². The highest BCUT2D eigenvalue weighted by Crippen LogP contribution is 2.22. The Labute approximate surface area is 209 Å². The molecular weight excluding hydrogens is 456 g/mol. The normalized spacial score (nSPS) is 12.0. The van der Waals surface area contributed by atoms with Crippen LogP contribution in [0.15, 0.2) is 71.5 Å². The highest BCUT2D eigenvalue weighted by molar-refractivity contribution is 5.94. The number of aliphatic hydroxyl groups excluding tert-OH is 1. The van der Waals surface area contributed by atoms with Crippen LogP contribution in [0.3, 0.4) is 0 Å². The fourth-order valence-corrected chi connectivity index (χ4v) is 3.48. The molecule has 4 aromatic rings. The van der Waals surface area contributed by atoms with Crippen LogP contribution in [0.1, 0.15) is 59.9 Å². The first kappa shape index (κ1) is 24.9. The number of hydrogen-bond donors (Lipinski definition) is 3. The molecule has 0 saturated heterocycles. The molecule has 0 spiro atoms. The Balaban J connectivity index is 1.38. The summed E-state index contributed by atoms with van der Waals surface area (Å²) < 4.78 is 7.34. The number of aliphatic hydroxyl groups is 2. The summed E-state index contributed by atoms with van der Waals surface area (Å²) in [6.45, 7) is 5.57. The van der Waals surface area contributed by atoms with Gasteiger partial charge in [-0.2, -0.15) is 0 Å². The molecule has 1 unspecified atom stereocenters. The van der Waals surface area contributed by atoms with E-state index in [9.17, 15) is 15.0 Å². The Hall–Kier alpha value is -4.19. The molecule has 0 saturated carbocycles. The third-order valence-corrected chi connectivity index (χ3v) is 5.36. The van der Waals surface area contributed by atoms with Gasteiger partial charge in [0.15, 0.2) is 5.76 Å². The predicted molar refractivity (Wildman–Crippen MR) is 135 cm³/mol. The minimum absolute atomic E-state index is 0.174. The van der Waals surface area contributed by atoms with Gasteiger partial charge in [-0.05, 0) is 69.3 Å². The molecule has 0 bridgehead atoms. The highest BCUT2D eigenvalue weighted by Gasteiger charge is 2.15. The number of benzene rings is 2. The fraction of sp³-hybridized carbons (Fsp3) is 0.250. The molecule has 1 atom stereocenters. The van der Waals surface area contributed by atoms with Crippen LogP contribution in [0.2, 0.25) is 0 Å². The van der Waals surface area contributed by atoms with E-state index in [0.717, 1.165) is 22.4 Å². The van der Waals surface area contributed by atoms with Crippen LogP contribution in [0.25, 0.3) is 11.3 Å². The number of rotatable bonds is 7. The van der Waals surface area contributed by atoms with Crippen molar-refractivity contribution in [3.05, 3.63) is 95.2 Å². The second-order valence-corrected chi connectivity index (χ2v) is 9.17. The molecule has 184 valence electrons. The van der Waals surface area contributed by atoms with Gasteiger partial charge in [0.1, 0.15) is 17.6 Å². The maximum Gasteiger partial charge on any atom is 0.251 e. The first-order valence-electron chi connectivity index (χ1n) is 11.6. The monoisotopic (exact) mass is 484 g/mol. The molecule has 0 fully saturated rings. The molecule has 36 heavy (non-hydrogen) atoms.